The molecule has 0 spiro atoms. The number of rotatable bonds is 11. The predicted molar refractivity (Wildman–Crippen MR) is 167 cm³/mol. The van der Waals surface area contributed by atoms with Gasteiger partial charge in [-0.15, -0.1) is 0 Å². The molecule has 0 saturated carbocycles. The van der Waals surface area contributed by atoms with Crippen molar-refractivity contribution in [3.05, 3.63) is 48.2 Å². The SMILES string of the molecule is CCOP1(=O)CCN(Cc2ccccc2-c2ccco2)CC1(CCCCN(C(=O)OC(C)(C)C)C(=O)OC(C)(C)C)C(=O)O. The van der Waals surface area contributed by atoms with Gasteiger partial charge in [0.25, 0.3) is 0 Å². The third-order valence-corrected chi connectivity index (χ3v) is 10.6. The lowest BCUT2D eigenvalue weighted by molar-refractivity contribution is -0.141. The van der Waals surface area contributed by atoms with E-state index in [4.69, 9.17) is 18.4 Å². The molecule has 1 aliphatic rings. The highest BCUT2D eigenvalue weighted by Gasteiger charge is 2.58. The van der Waals surface area contributed by atoms with Gasteiger partial charge in [0.2, 0.25) is 7.37 Å². The number of hydrogen-bond donors (Lipinski definition) is 1. The first kappa shape index (κ1) is 35.3. The van der Waals surface area contributed by atoms with E-state index < -0.39 is 41.9 Å². The van der Waals surface area contributed by atoms with Crippen LogP contribution in [0.4, 0.5) is 9.59 Å². The maximum atomic E-state index is 14.2. The Morgan fingerprint density at radius 3 is 2.18 bits per heavy atom. The van der Waals surface area contributed by atoms with Gasteiger partial charge >= 0.3 is 18.2 Å². The topological polar surface area (TPSA) is 136 Å². The molecule has 2 unspecified atom stereocenters. The van der Waals surface area contributed by atoms with E-state index in [0.29, 0.717) is 18.8 Å². The predicted octanol–water partition coefficient (Wildman–Crippen LogP) is 7.24. The maximum absolute atomic E-state index is 14.2. The first-order valence-electron chi connectivity index (χ1n) is 15.0. The van der Waals surface area contributed by atoms with Gasteiger partial charge in [-0.2, -0.15) is 0 Å². The van der Waals surface area contributed by atoms with Crippen LogP contribution in [-0.2, 0) is 29.9 Å². The monoisotopic (exact) mass is 634 g/mol. The van der Waals surface area contributed by atoms with Crippen molar-refractivity contribution in [1.29, 1.82) is 0 Å². The van der Waals surface area contributed by atoms with Crippen LogP contribution < -0.4 is 0 Å². The van der Waals surface area contributed by atoms with E-state index in [2.05, 4.69) is 0 Å². The van der Waals surface area contributed by atoms with Gasteiger partial charge in [0.1, 0.15) is 17.0 Å². The minimum Gasteiger partial charge on any atom is -0.480 e. The number of amides is 2. The van der Waals surface area contributed by atoms with Gasteiger partial charge in [0.05, 0.1) is 12.9 Å². The fourth-order valence-corrected chi connectivity index (χ4v) is 8.27. The lowest BCUT2D eigenvalue weighted by atomic mass is 9.98. The van der Waals surface area contributed by atoms with Crippen molar-refractivity contribution in [2.45, 2.75) is 90.6 Å². The maximum Gasteiger partial charge on any atom is 0.419 e. The number of carboxylic acids is 1. The number of unbranched alkanes of at least 4 members (excludes halogenated alkanes) is 1. The van der Waals surface area contributed by atoms with Crippen molar-refractivity contribution in [2.24, 2.45) is 0 Å². The summed E-state index contributed by atoms with van der Waals surface area (Å²) < 4.78 is 36.5. The number of furan rings is 1. The molecule has 0 radical (unpaired) electrons. The van der Waals surface area contributed by atoms with Crippen LogP contribution in [0.15, 0.2) is 47.1 Å². The normalized spacial score (nSPS) is 21.1. The van der Waals surface area contributed by atoms with Crippen LogP contribution in [-0.4, -0.2) is 81.8 Å². The standard InChI is InChI=1S/C32H47N2O9P/c1-8-41-44(39)21-19-33(22-24-14-9-10-15-25(24)26-16-13-20-40-26)23-32(44,27(35)36)17-11-12-18-34(28(37)42-30(2,3)4)29(38)43-31(5,6)7/h9-10,13-16,20H,8,11-12,17-19,21-23H2,1-7H3,(H,35,36). The molecule has 1 N–H and O–H groups in total. The molecule has 1 aromatic heterocycles. The van der Waals surface area contributed by atoms with E-state index in [-0.39, 0.29) is 45.1 Å². The average Bonchev–Trinajstić information content (AvgIpc) is 3.43. The van der Waals surface area contributed by atoms with Crippen molar-refractivity contribution in [1.82, 2.24) is 9.80 Å². The Balaban J connectivity index is 1.81. The second-order valence-corrected chi connectivity index (χ2v) is 16.0. The second kappa shape index (κ2) is 14.3. The Morgan fingerprint density at radius 2 is 1.64 bits per heavy atom. The van der Waals surface area contributed by atoms with Gasteiger partial charge in [-0.05, 0) is 85.4 Å². The smallest absolute Gasteiger partial charge is 0.419 e. The number of aliphatic carboxylic acids is 1. The summed E-state index contributed by atoms with van der Waals surface area (Å²) in [6.45, 7) is 12.8. The molecule has 2 atom stereocenters. The lowest BCUT2D eigenvalue weighted by Crippen LogP contribution is -2.54. The van der Waals surface area contributed by atoms with Gasteiger partial charge in [-0.25, -0.2) is 14.5 Å². The summed E-state index contributed by atoms with van der Waals surface area (Å²) in [7, 11) is -3.63. The Bertz CT molecular complexity index is 1300. The zero-order valence-corrected chi connectivity index (χ0v) is 27.9. The number of ether oxygens (including phenoxy) is 2. The number of benzene rings is 1. The fraction of sp³-hybridized carbons (Fsp3) is 0.594. The van der Waals surface area contributed by atoms with Crippen molar-refractivity contribution in [3.8, 4) is 11.3 Å². The van der Waals surface area contributed by atoms with Crippen LogP contribution in [0.1, 0.15) is 73.3 Å². The summed E-state index contributed by atoms with van der Waals surface area (Å²) in [4.78, 5) is 41.7. The summed E-state index contributed by atoms with van der Waals surface area (Å²) in [5, 5.41) is 8.96. The number of carbonyl (C=O) groups excluding carboxylic acids is 2. The quantitative estimate of drug-likeness (QED) is 0.199. The van der Waals surface area contributed by atoms with Crippen LogP contribution in [0.2, 0.25) is 0 Å². The van der Waals surface area contributed by atoms with Crippen molar-refractivity contribution in [2.75, 3.05) is 32.4 Å². The fourth-order valence-electron chi connectivity index (χ4n) is 5.29. The molecule has 2 aromatic rings. The molecule has 0 aliphatic carbocycles. The number of imide groups is 1. The van der Waals surface area contributed by atoms with E-state index in [0.717, 1.165) is 16.0 Å². The summed E-state index contributed by atoms with van der Waals surface area (Å²) in [6.07, 6.45) is 0.554. The molecule has 2 heterocycles. The van der Waals surface area contributed by atoms with E-state index in [1.807, 2.05) is 41.3 Å². The van der Waals surface area contributed by atoms with Crippen molar-refractivity contribution >= 4 is 25.5 Å². The Kier molecular flexibility index (Phi) is 11.5. The third-order valence-electron chi connectivity index (χ3n) is 7.23. The van der Waals surface area contributed by atoms with Gasteiger partial charge in [-0.1, -0.05) is 24.3 Å². The number of carbonyl (C=O) groups is 3. The third kappa shape index (κ3) is 8.96. The zero-order valence-electron chi connectivity index (χ0n) is 27.0. The molecule has 44 heavy (non-hydrogen) atoms. The Hall–Kier alpha value is -3.14. The second-order valence-electron chi connectivity index (χ2n) is 13.1. The van der Waals surface area contributed by atoms with Crippen LogP contribution in [0, 0.1) is 0 Å². The lowest BCUT2D eigenvalue weighted by Gasteiger charge is -2.45. The van der Waals surface area contributed by atoms with Gasteiger partial charge in [0.15, 0.2) is 5.16 Å². The number of nitrogens with zero attached hydrogens (tertiary/aromatic N) is 2. The molecule has 12 heteroatoms. The molecule has 1 aliphatic heterocycles. The molecule has 3 rings (SSSR count). The largest absolute Gasteiger partial charge is 0.480 e. The average molecular weight is 635 g/mol. The van der Waals surface area contributed by atoms with Crippen molar-refractivity contribution < 1.29 is 42.5 Å². The van der Waals surface area contributed by atoms with E-state index in [9.17, 15) is 24.1 Å². The summed E-state index contributed by atoms with van der Waals surface area (Å²) in [5.74, 6) is -0.476. The highest BCUT2D eigenvalue weighted by atomic mass is 31.2. The van der Waals surface area contributed by atoms with Gasteiger partial charge < -0.3 is 23.5 Å². The van der Waals surface area contributed by atoms with E-state index >= 15 is 0 Å². The van der Waals surface area contributed by atoms with Crippen molar-refractivity contribution in [3.63, 3.8) is 0 Å². The minimum atomic E-state index is -3.63. The molecule has 11 nitrogen and oxygen atoms in total. The Morgan fingerprint density at radius 1 is 1.00 bits per heavy atom. The number of carboxylic acid groups (broad SMARTS) is 1. The first-order valence-corrected chi connectivity index (χ1v) is 16.9. The summed E-state index contributed by atoms with van der Waals surface area (Å²) in [6, 6.07) is 11.4. The summed E-state index contributed by atoms with van der Waals surface area (Å²) in [5.41, 5.74) is 0.188. The Labute approximate surface area is 260 Å². The van der Waals surface area contributed by atoms with Gasteiger partial charge in [0, 0.05) is 37.9 Å². The highest BCUT2D eigenvalue weighted by Crippen LogP contribution is 2.63. The van der Waals surface area contributed by atoms with E-state index in [1.165, 1.54) is 0 Å². The molecule has 1 aromatic carbocycles. The highest BCUT2D eigenvalue weighted by molar-refractivity contribution is 7.62. The van der Waals surface area contributed by atoms with E-state index in [1.54, 1.807) is 54.7 Å². The van der Waals surface area contributed by atoms with Gasteiger partial charge in [-0.3, -0.25) is 14.3 Å². The molecule has 2 amide bonds. The molecule has 0 bridgehead atoms. The van der Waals surface area contributed by atoms with Crippen LogP contribution >= 0.6 is 7.37 Å². The number of hydrogen-bond acceptors (Lipinski definition) is 9. The zero-order chi connectivity index (χ0) is 32.8. The molecular weight excluding hydrogens is 587 g/mol. The van der Waals surface area contributed by atoms with Crippen LogP contribution in [0.3, 0.4) is 0 Å². The molecular formula is C32H47N2O9P. The van der Waals surface area contributed by atoms with Crippen LogP contribution in [0.5, 0.6) is 0 Å². The summed E-state index contributed by atoms with van der Waals surface area (Å²) >= 11 is 0. The molecule has 244 valence electrons. The molecule has 1 saturated heterocycles. The first-order chi connectivity index (χ1) is 20.5. The molecule has 1 fully saturated rings. The minimum absolute atomic E-state index is 0.0218. The van der Waals surface area contributed by atoms with Crippen LogP contribution in [0.25, 0.3) is 11.3 Å².